The zero-order valence-electron chi connectivity index (χ0n) is 11.2. The molecule has 0 aliphatic heterocycles. The van der Waals surface area contributed by atoms with Gasteiger partial charge in [0.1, 0.15) is 0 Å². The minimum atomic E-state index is 0.0181. The topological polar surface area (TPSA) is 70.6 Å². The van der Waals surface area contributed by atoms with Crippen molar-refractivity contribution in [3.63, 3.8) is 0 Å². The zero-order chi connectivity index (χ0) is 13.3. The zero-order valence-corrected chi connectivity index (χ0v) is 11.2. The van der Waals surface area contributed by atoms with Gasteiger partial charge in [0.25, 0.3) is 0 Å². The minimum Gasteiger partial charge on any atom is -0.396 e. The molecular weight excluding hydrogens is 238 g/mol. The van der Waals surface area contributed by atoms with Crippen molar-refractivity contribution in [1.29, 1.82) is 0 Å². The summed E-state index contributed by atoms with van der Waals surface area (Å²) in [5, 5.41) is 12.4. The molecule has 0 saturated heterocycles. The number of aryl methyl sites for hydroxylation is 2. The van der Waals surface area contributed by atoms with Crippen LogP contribution >= 0.6 is 0 Å². The molecule has 4 N–H and O–H groups in total. The SMILES string of the molecule is NC(=NCC1(CO)CC1)Nc1ccc2c(c1)CCC2. The van der Waals surface area contributed by atoms with Crippen molar-refractivity contribution in [3.8, 4) is 0 Å². The fraction of sp³-hybridized carbons (Fsp3) is 0.533. The molecule has 0 heterocycles. The molecular formula is C15H21N3O. The number of nitrogens with zero attached hydrogens (tertiary/aromatic N) is 1. The van der Waals surface area contributed by atoms with Gasteiger partial charge in [-0.3, -0.25) is 4.99 Å². The van der Waals surface area contributed by atoms with Gasteiger partial charge < -0.3 is 16.2 Å². The van der Waals surface area contributed by atoms with Crippen molar-refractivity contribution in [2.75, 3.05) is 18.5 Å². The molecule has 102 valence electrons. The maximum absolute atomic E-state index is 9.23. The predicted molar refractivity (Wildman–Crippen MR) is 77.3 cm³/mol. The minimum absolute atomic E-state index is 0.0181. The first-order chi connectivity index (χ1) is 9.21. The number of rotatable bonds is 4. The molecule has 0 unspecified atom stereocenters. The Bertz CT molecular complexity index is 506. The summed E-state index contributed by atoms with van der Waals surface area (Å²) >= 11 is 0. The van der Waals surface area contributed by atoms with Crippen LogP contribution in [0.2, 0.25) is 0 Å². The molecule has 0 radical (unpaired) electrons. The quantitative estimate of drug-likeness (QED) is 0.569. The highest BCUT2D eigenvalue weighted by Crippen LogP contribution is 2.45. The number of aliphatic hydroxyl groups is 1. The molecule has 0 amide bonds. The Labute approximate surface area is 113 Å². The van der Waals surface area contributed by atoms with Crippen molar-refractivity contribution in [2.24, 2.45) is 16.1 Å². The van der Waals surface area contributed by atoms with Gasteiger partial charge in [-0.2, -0.15) is 0 Å². The molecule has 0 aromatic heterocycles. The van der Waals surface area contributed by atoms with Gasteiger partial charge in [0.2, 0.25) is 0 Å². The van der Waals surface area contributed by atoms with E-state index < -0.39 is 0 Å². The molecule has 4 nitrogen and oxygen atoms in total. The van der Waals surface area contributed by atoms with E-state index in [0.717, 1.165) is 24.9 Å². The summed E-state index contributed by atoms with van der Waals surface area (Å²) in [6.07, 6.45) is 5.72. The lowest BCUT2D eigenvalue weighted by molar-refractivity contribution is 0.217. The maximum atomic E-state index is 9.23. The number of anilines is 1. The first kappa shape index (κ1) is 12.5. The van der Waals surface area contributed by atoms with Crippen LogP contribution < -0.4 is 11.1 Å². The molecule has 19 heavy (non-hydrogen) atoms. The molecule has 1 aromatic carbocycles. The number of nitrogens with one attached hydrogen (secondary N) is 1. The number of benzene rings is 1. The van der Waals surface area contributed by atoms with Crippen molar-refractivity contribution in [1.82, 2.24) is 0 Å². The van der Waals surface area contributed by atoms with E-state index in [1.165, 1.54) is 24.0 Å². The Morgan fingerprint density at radius 1 is 1.32 bits per heavy atom. The number of guanidine groups is 1. The highest BCUT2D eigenvalue weighted by Gasteiger charge is 2.41. The Hall–Kier alpha value is -1.55. The van der Waals surface area contributed by atoms with Gasteiger partial charge >= 0.3 is 0 Å². The van der Waals surface area contributed by atoms with Crippen LogP contribution in [0.25, 0.3) is 0 Å². The van der Waals surface area contributed by atoms with Crippen molar-refractivity contribution in [2.45, 2.75) is 32.1 Å². The lowest BCUT2D eigenvalue weighted by Gasteiger charge is -2.10. The molecule has 4 heteroatoms. The van der Waals surface area contributed by atoms with Crippen LogP contribution in [0.1, 0.15) is 30.4 Å². The number of hydrogen-bond acceptors (Lipinski definition) is 2. The van der Waals surface area contributed by atoms with E-state index in [0.29, 0.717) is 12.5 Å². The highest BCUT2D eigenvalue weighted by molar-refractivity contribution is 5.92. The number of hydrogen-bond donors (Lipinski definition) is 3. The summed E-state index contributed by atoms with van der Waals surface area (Å²) in [5.41, 5.74) is 9.81. The van der Waals surface area contributed by atoms with Gasteiger partial charge in [0.05, 0.1) is 13.2 Å². The highest BCUT2D eigenvalue weighted by atomic mass is 16.3. The summed E-state index contributed by atoms with van der Waals surface area (Å²) in [6.45, 7) is 0.829. The molecule has 0 bridgehead atoms. The van der Waals surface area contributed by atoms with Crippen LogP contribution in [-0.2, 0) is 12.8 Å². The third kappa shape index (κ3) is 2.73. The molecule has 1 aromatic rings. The first-order valence-corrected chi connectivity index (χ1v) is 7.00. The molecule has 1 fully saturated rings. The third-order valence-electron chi connectivity index (χ3n) is 4.25. The second kappa shape index (κ2) is 4.85. The fourth-order valence-electron chi connectivity index (χ4n) is 2.63. The monoisotopic (exact) mass is 259 g/mol. The standard InChI is InChI=1S/C15H21N3O/c16-14(17-9-15(10-19)6-7-15)18-13-5-4-11-2-1-3-12(11)8-13/h4-5,8,19H,1-3,6-7,9-10H2,(H3,16,17,18). The second-order valence-corrected chi connectivity index (χ2v) is 5.82. The molecule has 2 aliphatic carbocycles. The Morgan fingerprint density at radius 2 is 2.11 bits per heavy atom. The van der Waals surface area contributed by atoms with E-state index in [2.05, 4.69) is 28.5 Å². The van der Waals surface area contributed by atoms with Crippen LogP contribution in [0, 0.1) is 5.41 Å². The van der Waals surface area contributed by atoms with Crippen LogP contribution in [0.15, 0.2) is 23.2 Å². The van der Waals surface area contributed by atoms with Gasteiger partial charge in [0, 0.05) is 11.1 Å². The predicted octanol–water partition coefficient (Wildman–Crippen LogP) is 1.67. The van der Waals surface area contributed by atoms with Gasteiger partial charge in [-0.25, -0.2) is 0 Å². The van der Waals surface area contributed by atoms with E-state index >= 15 is 0 Å². The molecule has 0 atom stereocenters. The summed E-state index contributed by atoms with van der Waals surface area (Å²) in [7, 11) is 0. The van der Waals surface area contributed by atoms with Crippen molar-refractivity contribution in [3.05, 3.63) is 29.3 Å². The van der Waals surface area contributed by atoms with Crippen LogP contribution in [0.4, 0.5) is 5.69 Å². The molecule has 2 aliphatic rings. The van der Waals surface area contributed by atoms with Gasteiger partial charge in [-0.05, 0) is 55.4 Å². The number of aliphatic imine (C=N–C) groups is 1. The summed E-state index contributed by atoms with van der Waals surface area (Å²) < 4.78 is 0. The molecule has 3 rings (SSSR count). The number of aliphatic hydroxyl groups excluding tert-OH is 1. The lowest BCUT2D eigenvalue weighted by Crippen LogP contribution is -2.24. The maximum Gasteiger partial charge on any atom is 0.193 e. The van der Waals surface area contributed by atoms with Crippen LogP contribution in [0.5, 0.6) is 0 Å². The Morgan fingerprint density at radius 3 is 2.84 bits per heavy atom. The first-order valence-electron chi connectivity index (χ1n) is 7.00. The average molecular weight is 259 g/mol. The third-order valence-corrected chi connectivity index (χ3v) is 4.25. The lowest BCUT2D eigenvalue weighted by atomic mass is 10.1. The summed E-state index contributed by atoms with van der Waals surface area (Å²) in [5.74, 6) is 0.442. The second-order valence-electron chi connectivity index (χ2n) is 5.82. The van der Waals surface area contributed by atoms with Crippen LogP contribution in [-0.4, -0.2) is 24.2 Å². The average Bonchev–Trinajstić information content (AvgIpc) is 3.06. The summed E-state index contributed by atoms with van der Waals surface area (Å²) in [4.78, 5) is 4.34. The Kier molecular flexibility index (Phi) is 3.19. The number of fused-ring (bicyclic) bond motifs is 1. The van der Waals surface area contributed by atoms with E-state index in [1.807, 2.05) is 0 Å². The van der Waals surface area contributed by atoms with Gasteiger partial charge in [0.15, 0.2) is 5.96 Å². The fourth-order valence-corrected chi connectivity index (χ4v) is 2.63. The van der Waals surface area contributed by atoms with Crippen molar-refractivity contribution >= 4 is 11.6 Å². The van der Waals surface area contributed by atoms with Crippen LogP contribution in [0.3, 0.4) is 0 Å². The van der Waals surface area contributed by atoms with E-state index in [9.17, 15) is 5.11 Å². The van der Waals surface area contributed by atoms with E-state index in [4.69, 9.17) is 5.73 Å². The van der Waals surface area contributed by atoms with E-state index in [-0.39, 0.29) is 12.0 Å². The molecule has 1 saturated carbocycles. The molecule has 0 spiro atoms. The van der Waals surface area contributed by atoms with Crippen molar-refractivity contribution < 1.29 is 5.11 Å². The smallest absolute Gasteiger partial charge is 0.193 e. The number of nitrogens with two attached hydrogens (primary N) is 1. The largest absolute Gasteiger partial charge is 0.396 e. The normalized spacial score (nSPS) is 20.2. The van der Waals surface area contributed by atoms with E-state index in [1.54, 1.807) is 0 Å². The Balaban J connectivity index is 1.63. The summed E-state index contributed by atoms with van der Waals surface area (Å²) in [6, 6.07) is 6.41. The van der Waals surface area contributed by atoms with Gasteiger partial charge in [-0.15, -0.1) is 0 Å². The van der Waals surface area contributed by atoms with Gasteiger partial charge in [-0.1, -0.05) is 6.07 Å².